The Morgan fingerprint density at radius 1 is 1.11 bits per heavy atom. The summed E-state index contributed by atoms with van der Waals surface area (Å²) in [7, 11) is 0. The number of hydrogen-bond donors (Lipinski definition) is 0. The van der Waals surface area contributed by atoms with E-state index in [0.717, 1.165) is 11.3 Å². The van der Waals surface area contributed by atoms with Gasteiger partial charge in [0.15, 0.2) is 0 Å². The molecule has 0 radical (unpaired) electrons. The summed E-state index contributed by atoms with van der Waals surface area (Å²) in [6.07, 6.45) is 0. The highest BCUT2D eigenvalue weighted by molar-refractivity contribution is 7.98. The molecule has 0 aliphatic carbocycles. The Morgan fingerprint density at radius 3 is 2.68 bits per heavy atom. The third-order valence-corrected chi connectivity index (χ3v) is 4.88. The highest BCUT2D eigenvalue weighted by atomic mass is 32.2. The van der Waals surface area contributed by atoms with E-state index >= 15 is 0 Å². The van der Waals surface area contributed by atoms with Gasteiger partial charge in [-0.1, -0.05) is 38.1 Å². The average molecular weight is 272 g/mol. The molecule has 0 fully saturated rings. The third kappa shape index (κ3) is 2.30. The minimum atomic E-state index is -0.132. The highest BCUT2D eigenvalue weighted by Crippen LogP contribution is 2.43. The topological polar surface area (TPSA) is 0 Å². The molecule has 1 atom stereocenters. The van der Waals surface area contributed by atoms with Crippen LogP contribution in [-0.4, -0.2) is 0 Å². The lowest BCUT2D eigenvalue weighted by Crippen LogP contribution is -2.10. The van der Waals surface area contributed by atoms with Gasteiger partial charge in [0.05, 0.1) is 0 Å². The molecule has 2 aromatic carbocycles. The molecule has 1 heterocycles. The van der Waals surface area contributed by atoms with Crippen LogP contribution in [-0.2, 0) is 5.75 Å². The minimum Gasteiger partial charge on any atom is -0.207 e. The van der Waals surface area contributed by atoms with E-state index in [-0.39, 0.29) is 5.82 Å². The van der Waals surface area contributed by atoms with Gasteiger partial charge in [-0.05, 0) is 40.8 Å². The zero-order valence-electron chi connectivity index (χ0n) is 11.2. The summed E-state index contributed by atoms with van der Waals surface area (Å²) in [5, 5.41) is 0. The Balaban J connectivity index is 2.21. The quantitative estimate of drug-likeness (QED) is 0.686. The molecule has 2 aromatic rings. The Labute approximate surface area is 118 Å². The van der Waals surface area contributed by atoms with Crippen LogP contribution < -0.4 is 0 Å². The van der Waals surface area contributed by atoms with Gasteiger partial charge in [0, 0.05) is 16.6 Å². The van der Waals surface area contributed by atoms with Gasteiger partial charge in [-0.25, -0.2) is 4.39 Å². The van der Waals surface area contributed by atoms with Gasteiger partial charge in [0.2, 0.25) is 0 Å². The molecule has 0 aromatic heterocycles. The van der Waals surface area contributed by atoms with E-state index in [1.165, 1.54) is 16.0 Å². The minimum absolute atomic E-state index is 0.132. The van der Waals surface area contributed by atoms with Crippen LogP contribution in [0.1, 0.15) is 36.5 Å². The van der Waals surface area contributed by atoms with Crippen LogP contribution in [0, 0.1) is 11.7 Å². The van der Waals surface area contributed by atoms with Crippen LogP contribution in [0.5, 0.6) is 0 Å². The van der Waals surface area contributed by atoms with Crippen molar-refractivity contribution in [3.63, 3.8) is 0 Å². The van der Waals surface area contributed by atoms with Gasteiger partial charge in [-0.3, -0.25) is 0 Å². The number of halogens is 1. The van der Waals surface area contributed by atoms with E-state index in [1.807, 2.05) is 17.8 Å². The fourth-order valence-electron chi connectivity index (χ4n) is 2.91. The first-order chi connectivity index (χ1) is 9.16. The van der Waals surface area contributed by atoms with Crippen molar-refractivity contribution >= 4 is 11.8 Å². The highest BCUT2D eigenvalue weighted by Gasteiger charge is 2.26. The monoisotopic (exact) mass is 272 g/mol. The van der Waals surface area contributed by atoms with Crippen molar-refractivity contribution < 1.29 is 4.39 Å². The van der Waals surface area contributed by atoms with Gasteiger partial charge < -0.3 is 0 Å². The molecule has 2 heteroatoms. The molecule has 1 aliphatic heterocycles. The lowest BCUT2D eigenvalue weighted by atomic mass is 9.81. The molecule has 0 saturated heterocycles. The summed E-state index contributed by atoms with van der Waals surface area (Å²) in [4.78, 5) is 1.33. The Hall–Kier alpha value is -1.28. The zero-order valence-corrected chi connectivity index (χ0v) is 12.0. The summed E-state index contributed by atoms with van der Waals surface area (Å²) >= 11 is 1.82. The van der Waals surface area contributed by atoms with Crippen LogP contribution in [0.3, 0.4) is 0 Å². The maximum Gasteiger partial charge on any atom is 0.123 e. The van der Waals surface area contributed by atoms with Crippen molar-refractivity contribution in [2.45, 2.75) is 30.4 Å². The number of hydrogen-bond acceptors (Lipinski definition) is 1. The second-order valence-electron chi connectivity index (χ2n) is 5.39. The number of thioether (sulfide) groups is 1. The van der Waals surface area contributed by atoms with E-state index in [4.69, 9.17) is 0 Å². The Morgan fingerprint density at radius 2 is 1.89 bits per heavy atom. The van der Waals surface area contributed by atoms with Crippen LogP contribution in [0.4, 0.5) is 4.39 Å². The lowest BCUT2D eigenvalue weighted by molar-refractivity contribution is 0.553. The number of benzene rings is 2. The molecular weight excluding hydrogens is 255 g/mol. The summed E-state index contributed by atoms with van der Waals surface area (Å²) in [5.41, 5.74) is 3.81. The molecule has 1 aliphatic rings. The van der Waals surface area contributed by atoms with E-state index in [2.05, 4.69) is 38.1 Å². The second-order valence-corrected chi connectivity index (χ2v) is 6.41. The van der Waals surface area contributed by atoms with E-state index in [9.17, 15) is 4.39 Å². The maximum atomic E-state index is 13.5. The number of rotatable bonds is 1. The van der Waals surface area contributed by atoms with E-state index < -0.39 is 0 Å². The summed E-state index contributed by atoms with van der Waals surface area (Å²) in [6, 6.07) is 13.8. The average Bonchev–Trinajstić information content (AvgIpc) is 2.55. The van der Waals surface area contributed by atoms with Gasteiger partial charge in [-0.2, -0.15) is 0 Å². The Kier molecular flexibility index (Phi) is 3.36. The standard InChI is InChI=1S/C17H17FS/c1-11(2)17-14-8-7-13(18)9-12(14)10-19-16-6-4-3-5-15(16)17/h3-9,11,17H,10H2,1-2H3/t17-/m0/s1. The molecule has 0 amide bonds. The van der Waals surface area contributed by atoms with Crippen molar-refractivity contribution in [3.8, 4) is 0 Å². The molecular formula is C17H17FS. The predicted molar refractivity (Wildman–Crippen MR) is 79.1 cm³/mol. The van der Waals surface area contributed by atoms with E-state index in [0.29, 0.717) is 11.8 Å². The van der Waals surface area contributed by atoms with Crippen LogP contribution in [0.25, 0.3) is 0 Å². The van der Waals surface area contributed by atoms with Crippen molar-refractivity contribution in [1.29, 1.82) is 0 Å². The number of fused-ring (bicyclic) bond motifs is 2. The smallest absolute Gasteiger partial charge is 0.123 e. The predicted octanol–water partition coefficient (Wildman–Crippen LogP) is 5.22. The van der Waals surface area contributed by atoms with Gasteiger partial charge in [0.25, 0.3) is 0 Å². The lowest BCUT2D eigenvalue weighted by Gasteiger charge is -2.23. The summed E-state index contributed by atoms with van der Waals surface area (Å²) in [5.74, 6) is 1.59. The van der Waals surface area contributed by atoms with Crippen molar-refractivity contribution in [1.82, 2.24) is 0 Å². The first-order valence-electron chi connectivity index (χ1n) is 6.67. The molecule has 19 heavy (non-hydrogen) atoms. The van der Waals surface area contributed by atoms with E-state index in [1.54, 1.807) is 12.1 Å². The molecule has 0 bridgehead atoms. The molecule has 0 unspecified atom stereocenters. The van der Waals surface area contributed by atoms with Gasteiger partial charge in [-0.15, -0.1) is 11.8 Å². The van der Waals surface area contributed by atoms with Crippen LogP contribution >= 0.6 is 11.8 Å². The van der Waals surface area contributed by atoms with Crippen LogP contribution in [0.2, 0.25) is 0 Å². The second kappa shape index (κ2) is 5.01. The SMILES string of the molecule is CC(C)[C@H]1c2ccc(F)cc2CSc2ccccc21. The molecule has 0 saturated carbocycles. The van der Waals surface area contributed by atoms with Crippen LogP contribution in [0.15, 0.2) is 47.4 Å². The van der Waals surface area contributed by atoms with Crippen molar-refractivity contribution in [2.75, 3.05) is 0 Å². The summed E-state index contributed by atoms with van der Waals surface area (Å²) < 4.78 is 13.5. The molecule has 0 spiro atoms. The third-order valence-electron chi connectivity index (χ3n) is 3.74. The molecule has 98 valence electrons. The first-order valence-corrected chi connectivity index (χ1v) is 7.65. The largest absolute Gasteiger partial charge is 0.207 e. The normalized spacial score (nSPS) is 17.8. The molecule has 0 N–H and O–H groups in total. The van der Waals surface area contributed by atoms with Crippen molar-refractivity contribution in [2.24, 2.45) is 5.92 Å². The van der Waals surface area contributed by atoms with Gasteiger partial charge >= 0.3 is 0 Å². The Bertz CT molecular complexity index is 604. The maximum absolute atomic E-state index is 13.5. The molecule has 0 nitrogen and oxygen atoms in total. The van der Waals surface area contributed by atoms with Gasteiger partial charge in [0.1, 0.15) is 5.82 Å². The fraction of sp³-hybridized carbons (Fsp3) is 0.294. The van der Waals surface area contributed by atoms with Crippen molar-refractivity contribution in [3.05, 3.63) is 65.0 Å². The summed E-state index contributed by atoms with van der Waals surface area (Å²) in [6.45, 7) is 4.48. The zero-order chi connectivity index (χ0) is 13.4. The fourth-order valence-corrected chi connectivity index (χ4v) is 4.01. The first kappa shape index (κ1) is 12.7. The molecule has 3 rings (SSSR count).